The molecule has 2 rings (SSSR count). The van der Waals surface area contributed by atoms with Gasteiger partial charge in [-0.15, -0.1) is 22.7 Å². The molecular formula is C16H25N5S2. The summed E-state index contributed by atoms with van der Waals surface area (Å²) in [5.74, 6) is 0.869. The minimum Gasteiger partial charge on any atom is -0.357 e. The first-order valence-corrected chi connectivity index (χ1v) is 9.64. The van der Waals surface area contributed by atoms with Crippen LogP contribution in [-0.4, -0.2) is 29.0 Å². The molecule has 2 aromatic rings. The van der Waals surface area contributed by atoms with Gasteiger partial charge in [0.25, 0.3) is 0 Å². The van der Waals surface area contributed by atoms with Gasteiger partial charge in [-0.25, -0.2) is 15.0 Å². The van der Waals surface area contributed by atoms with E-state index >= 15 is 0 Å². The maximum Gasteiger partial charge on any atom is 0.191 e. The van der Waals surface area contributed by atoms with Crippen LogP contribution in [-0.2, 0) is 13.0 Å². The molecule has 0 bridgehead atoms. The van der Waals surface area contributed by atoms with Gasteiger partial charge < -0.3 is 10.6 Å². The molecule has 0 saturated heterocycles. The second kappa shape index (κ2) is 8.98. The van der Waals surface area contributed by atoms with Gasteiger partial charge in [-0.1, -0.05) is 0 Å². The van der Waals surface area contributed by atoms with E-state index in [-0.39, 0.29) is 0 Å². The van der Waals surface area contributed by atoms with Crippen molar-refractivity contribution < 1.29 is 0 Å². The minimum absolute atomic E-state index is 0.679. The van der Waals surface area contributed by atoms with Crippen LogP contribution < -0.4 is 10.6 Å². The highest BCUT2D eigenvalue weighted by Gasteiger charge is 2.05. The summed E-state index contributed by atoms with van der Waals surface area (Å²) < 4.78 is 0. The second-order valence-corrected chi connectivity index (χ2v) is 7.58. The average molecular weight is 352 g/mol. The van der Waals surface area contributed by atoms with Crippen molar-refractivity contribution in [2.24, 2.45) is 4.99 Å². The summed E-state index contributed by atoms with van der Waals surface area (Å²) in [6, 6.07) is 0. The minimum atomic E-state index is 0.679. The third-order valence-corrected chi connectivity index (χ3v) is 5.34. The van der Waals surface area contributed by atoms with Crippen LogP contribution in [0.2, 0.25) is 0 Å². The van der Waals surface area contributed by atoms with Crippen molar-refractivity contribution >= 4 is 28.6 Å². The lowest BCUT2D eigenvalue weighted by Crippen LogP contribution is -2.37. The van der Waals surface area contributed by atoms with Crippen molar-refractivity contribution in [2.45, 2.75) is 47.1 Å². The van der Waals surface area contributed by atoms with E-state index in [0.29, 0.717) is 6.54 Å². The topological polar surface area (TPSA) is 62.2 Å². The molecule has 0 amide bonds. The fourth-order valence-corrected chi connectivity index (χ4v) is 3.86. The Morgan fingerprint density at radius 2 is 2.04 bits per heavy atom. The number of hydrogen-bond acceptors (Lipinski definition) is 5. The third-order valence-electron chi connectivity index (χ3n) is 3.25. The molecule has 2 N–H and O–H groups in total. The molecule has 5 nitrogen and oxygen atoms in total. The number of nitrogens with one attached hydrogen (secondary N) is 2. The molecule has 2 heterocycles. The molecule has 7 heteroatoms. The molecule has 0 atom stereocenters. The maximum absolute atomic E-state index is 4.66. The predicted octanol–water partition coefficient (Wildman–Crippen LogP) is 3.21. The van der Waals surface area contributed by atoms with Crippen LogP contribution in [0.1, 0.15) is 39.6 Å². The van der Waals surface area contributed by atoms with Crippen LogP contribution >= 0.6 is 22.7 Å². The van der Waals surface area contributed by atoms with Gasteiger partial charge in [-0.2, -0.15) is 0 Å². The van der Waals surface area contributed by atoms with Gasteiger partial charge in [0.15, 0.2) is 5.96 Å². The van der Waals surface area contributed by atoms with E-state index in [1.807, 2.05) is 20.8 Å². The smallest absolute Gasteiger partial charge is 0.191 e. The number of nitrogens with zero attached hydrogens (tertiary/aromatic N) is 3. The number of hydrogen-bond donors (Lipinski definition) is 2. The number of aromatic nitrogens is 2. The molecule has 0 spiro atoms. The summed E-state index contributed by atoms with van der Waals surface area (Å²) in [6.07, 6.45) is 2.06. The van der Waals surface area contributed by atoms with Crippen LogP contribution in [0, 0.1) is 20.8 Å². The Kier molecular flexibility index (Phi) is 6.98. The van der Waals surface area contributed by atoms with Gasteiger partial charge in [-0.05, 0) is 34.1 Å². The molecule has 0 aromatic carbocycles. The van der Waals surface area contributed by atoms with Crippen molar-refractivity contribution in [2.75, 3.05) is 13.1 Å². The lowest BCUT2D eigenvalue weighted by Gasteiger charge is -2.10. The Morgan fingerprint density at radius 1 is 1.22 bits per heavy atom. The molecule has 0 aliphatic carbocycles. The van der Waals surface area contributed by atoms with Gasteiger partial charge in [0, 0.05) is 35.5 Å². The number of aryl methyl sites for hydroxylation is 4. The Balaban J connectivity index is 1.80. The summed E-state index contributed by atoms with van der Waals surface area (Å²) >= 11 is 3.46. The third kappa shape index (κ3) is 5.91. The van der Waals surface area contributed by atoms with E-state index in [9.17, 15) is 0 Å². The molecule has 0 unspecified atom stereocenters. The summed E-state index contributed by atoms with van der Waals surface area (Å²) in [5, 5.41) is 11.1. The number of guanidine groups is 1. The summed E-state index contributed by atoms with van der Waals surface area (Å²) in [7, 11) is 0. The number of thiazole rings is 2. The lowest BCUT2D eigenvalue weighted by atomic mass is 10.3. The Bertz CT molecular complexity index is 645. The molecule has 126 valence electrons. The monoisotopic (exact) mass is 351 g/mol. The van der Waals surface area contributed by atoms with E-state index in [2.05, 4.69) is 37.9 Å². The molecule has 0 aliphatic rings. The fraction of sp³-hybridized carbons (Fsp3) is 0.562. The molecular weight excluding hydrogens is 326 g/mol. The van der Waals surface area contributed by atoms with Crippen LogP contribution in [0.15, 0.2) is 10.4 Å². The van der Waals surface area contributed by atoms with Crippen molar-refractivity contribution in [1.29, 1.82) is 0 Å². The fourth-order valence-electron chi connectivity index (χ4n) is 2.18. The van der Waals surface area contributed by atoms with Gasteiger partial charge in [0.2, 0.25) is 0 Å². The van der Waals surface area contributed by atoms with Crippen LogP contribution in [0.4, 0.5) is 0 Å². The highest BCUT2D eigenvalue weighted by molar-refractivity contribution is 7.11. The molecule has 2 aromatic heterocycles. The molecule has 23 heavy (non-hydrogen) atoms. The lowest BCUT2D eigenvalue weighted by molar-refractivity contribution is 0.740. The van der Waals surface area contributed by atoms with E-state index in [1.165, 1.54) is 9.88 Å². The zero-order valence-corrected chi connectivity index (χ0v) is 15.9. The Labute approximate surface area is 146 Å². The first-order chi connectivity index (χ1) is 11.1. The summed E-state index contributed by atoms with van der Waals surface area (Å²) in [6.45, 7) is 10.6. The van der Waals surface area contributed by atoms with Crippen molar-refractivity contribution in [3.8, 4) is 0 Å². The van der Waals surface area contributed by atoms with Gasteiger partial charge >= 0.3 is 0 Å². The normalized spacial score (nSPS) is 11.7. The first-order valence-electron chi connectivity index (χ1n) is 7.94. The quantitative estimate of drug-likeness (QED) is 0.457. The van der Waals surface area contributed by atoms with Gasteiger partial charge in [-0.3, -0.25) is 0 Å². The largest absolute Gasteiger partial charge is 0.357 e. The second-order valence-electron chi connectivity index (χ2n) is 5.35. The number of aliphatic imine (C=N–C) groups is 1. The van der Waals surface area contributed by atoms with Crippen LogP contribution in [0.5, 0.6) is 0 Å². The zero-order valence-electron chi connectivity index (χ0n) is 14.3. The van der Waals surface area contributed by atoms with Crippen LogP contribution in [0.25, 0.3) is 0 Å². The van der Waals surface area contributed by atoms with Gasteiger partial charge in [0.1, 0.15) is 0 Å². The van der Waals surface area contributed by atoms with E-state index < -0.39 is 0 Å². The molecule has 0 fully saturated rings. The maximum atomic E-state index is 4.66. The standard InChI is InChI=1S/C16H25N5S2/c1-5-17-16(19-9-14-12(3)21-13(4)23-14)18-8-6-7-15-20-11(2)10-22-15/h10H,5-9H2,1-4H3,(H2,17,18,19). The summed E-state index contributed by atoms with van der Waals surface area (Å²) in [4.78, 5) is 14.8. The number of rotatable bonds is 7. The van der Waals surface area contributed by atoms with E-state index in [4.69, 9.17) is 0 Å². The first kappa shape index (κ1) is 17.9. The van der Waals surface area contributed by atoms with E-state index in [1.54, 1.807) is 22.7 Å². The van der Waals surface area contributed by atoms with Crippen LogP contribution in [0.3, 0.4) is 0 Å². The highest BCUT2D eigenvalue weighted by Crippen LogP contribution is 2.17. The average Bonchev–Trinajstić information content (AvgIpc) is 3.06. The predicted molar refractivity (Wildman–Crippen MR) is 99.6 cm³/mol. The van der Waals surface area contributed by atoms with Crippen molar-refractivity contribution in [3.05, 3.63) is 31.7 Å². The Hall–Kier alpha value is -1.47. The van der Waals surface area contributed by atoms with Crippen molar-refractivity contribution in [1.82, 2.24) is 20.6 Å². The molecule has 0 aliphatic heterocycles. The SMILES string of the molecule is CCNC(=NCc1sc(C)nc1C)NCCCc1nc(C)cs1. The highest BCUT2D eigenvalue weighted by atomic mass is 32.1. The zero-order chi connectivity index (χ0) is 16.7. The van der Waals surface area contributed by atoms with E-state index in [0.717, 1.165) is 48.3 Å². The summed E-state index contributed by atoms with van der Waals surface area (Å²) in [5.41, 5.74) is 2.20. The van der Waals surface area contributed by atoms with Crippen molar-refractivity contribution in [3.63, 3.8) is 0 Å². The van der Waals surface area contributed by atoms with Gasteiger partial charge in [0.05, 0.1) is 22.3 Å². The molecule has 0 saturated carbocycles. The Morgan fingerprint density at radius 3 is 2.65 bits per heavy atom. The molecule has 0 radical (unpaired) electrons.